The molecule has 1 aliphatic rings. The van der Waals surface area contributed by atoms with Crippen molar-refractivity contribution < 1.29 is 19.4 Å². The first-order chi connectivity index (χ1) is 8.69. The second-order valence-corrected chi connectivity index (χ2v) is 6.33. The number of aliphatic carboxylic acids is 1. The molecule has 0 aromatic heterocycles. The molecule has 1 rings (SSSR count). The van der Waals surface area contributed by atoms with Crippen molar-refractivity contribution in [2.45, 2.75) is 71.1 Å². The maximum Gasteiger partial charge on any atom is 0.306 e. The Balaban J connectivity index is 2.36. The Bertz CT molecular complexity index is 327. The van der Waals surface area contributed by atoms with Gasteiger partial charge in [0, 0.05) is 5.54 Å². The van der Waals surface area contributed by atoms with Crippen molar-refractivity contribution in [2.24, 2.45) is 5.92 Å². The van der Waals surface area contributed by atoms with Crippen LogP contribution < -0.4 is 5.32 Å². The molecule has 1 atom stereocenters. The van der Waals surface area contributed by atoms with Crippen molar-refractivity contribution in [3.8, 4) is 0 Å². The van der Waals surface area contributed by atoms with Crippen LogP contribution >= 0.6 is 0 Å². The van der Waals surface area contributed by atoms with Crippen molar-refractivity contribution in [1.29, 1.82) is 0 Å². The fraction of sp³-hybridized carbons (Fsp3) is 0.857. The molecule has 0 bridgehead atoms. The molecule has 110 valence electrons. The average molecular weight is 271 g/mol. The zero-order valence-corrected chi connectivity index (χ0v) is 12.2. The Morgan fingerprint density at radius 3 is 2.16 bits per heavy atom. The molecule has 1 unspecified atom stereocenters. The molecule has 5 heteroatoms. The minimum Gasteiger partial charge on any atom is -0.481 e. The molecule has 0 heterocycles. The van der Waals surface area contributed by atoms with Crippen LogP contribution in [0.2, 0.25) is 0 Å². The molecule has 1 aliphatic carbocycles. The van der Waals surface area contributed by atoms with Gasteiger partial charge in [0.1, 0.15) is 6.10 Å². The van der Waals surface area contributed by atoms with Crippen LogP contribution in [0.4, 0.5) is 0 Å². The molecule has 0 aromatic rings. The van der Waals surface area contributed by atoms with E-state index in [1.165, 1.54) is 0 Å². The van der Waals surface area contributed by atoms with Gasteiger partial charge in [-0.05, 0) is 53.4 Å². The number of carboxylic acid groups (broad SMARTS) is 1. The SMILES string of the molecule is CC(OC1CCC(C(=O)O)CC1)C(=O)NC(C)(C)C. The van der Waals surface area contributed by atoms with Crippen molar-refractivity contribution in [3.63, 3.8) is 0 Å². The number of hydrogen-bond donors (Lipinski definition) is 2. The second-order valence-electron chi connectivity index (χ2n) is 6.33. The molecule has 1 amide bonds. The lowest BCUT2D eigenvalue weighted by Crippen LogP contribution is -2.46. The van der Waals surface area contributed by atoms with Gasteiger partial charge in [-0.1, -0.05) is 0 Å². The number of nitrogens with one attached hydrogen (secondary N) is 1. The predicted molar refractivity (Wildman–Crippen MR) is 71.8 cm³/mol. The lowest BCUT2D eigenvalue weighted by molar-refractivity contribution is -0.146. The van der Waals surface area contributed by atoms with Crippen LogP contribution in [0, 0.1) is 5.92 Å². The van der Waals surface area contributed by atoms with Crippen LogP contribution in [0.3, 0.4) is 0 Å². The third-order valence-electron chi connectivity index (χ3n) is 3.29. The molecule has 0 saturated heterocycles. The summed E-state index contributed by atoms with van der Waals surface area (Å²) in [4.78, 5) is 22.7. The van der Waals surface area contributed by atoms with E-state index in [1.54, 1.807) is 6.92 Å². The summed E-state index contributed by atoms with van der Waals surface area (Å²) in [7, 11) is 0. The Morgan fingerprint density at radius 1 is 1.21 bits per heavy atom. The first-order valence-electron chi connectivity index (χ1n) is 6.89. The van der Waals surface area contributed by atoms with Gasteiger partial charge in [-0.25, -0.2) is 0 Å². The van der Waals surface area contributed by atoms with Gasteiger partial charge in [-0.15, -0.1) is 0 Å². The summed E-state index contributed by atoms with van der Waals surface area (Å²) in [5.74, 6) is -1.09. The molecule has 19 heavy (non-hydrogen) atoms. The highest BCUT2D eigenvalue weighted by atomic mass is 16.5. The van der Waals surface area contributed by atoms with Crippen LogP contribution in [0.15, 0.2) is 0 Å². The number of carbonyl (C=O) groups is 2. The molecule has 1 saturated carbocycles. The minimum atomic E-state index is -0.725. The first kappa shape index (κ1) is 16.0. The summed E-state index contributed by atoms with van der Waals surface area (Å²) in [5, 5.41) is 11.8. The summed E-state index contributed by atoms with van der Waals surface area (Å²) in [5.41, 5.74) is -0.268. The van der Waals surface area contributed by atoms with Crippen LogP contribution in [-0.4, -0.2) is 34.7 Å². The number of amides is 1. The predicted octanol–water partition coefficient (Wildman–Crippen LogP) is 1.95. The number of carboxylic acids is 1. The zero-order chi connectivity index (χ0) is 14.6. The second kappa shape index (κ2) is 6.37. The maximum atomic E-state index is 11.9. The van der Waals surface area contributed by atoms with Gasteiger partial charge >= 0.3 is 5.97 Å². The van der Waals surface area contributed by atoms with Gasteiger partial charge in [0.05, 0.1) is 12.0 Å². The van der Waals surface area contributed by atoms with Crippen LogP contribution in [0.25, 0.3) is 0 Å². The van der Waals surface area contributed by atoms with E-state index in [0.29, 0.717) is 25.7 Å². The molecule has 0 aromatic carbocycles. The standard InChI is InChI=1S/C14H25NO4/c1-9(12(16)15-14(2,3)4)19-11-7-5-10(6-8-11)13(17)18/h9-11H,5-8H2,1-4H3,(H,15,16)(H,17,18). The molecule has 0 spiro atoms. The van der Waals surface area contributed by atoms with Gasteiger partial charge in [0.15, 0.2) is 0 Å². The third kappa shape index (κ3) is 5.59. The van der Waals surface area contributed by atoms with Crippen LogP contribution in [-0.2, 0) is 14.3 Å². The monoisotopic (exact) mass is 271 g/mol. The van der Waals surface area contributed by atoms with Crippen molar-refractivity contribution in [1.82, 2.24) is 5.32 Å². The number of rotatable bonds is 4. The highest BCUT2D eigenvalue weighted by molar-refractivity contribution is 5.81. The van der Waals surface area contributed by atoms with Crippen molar-refractivity contribution in [3.05, 3.63) is 0 Å². The van der Waals surface area contributed by atoms with Gasteiger partial charge in [0.2, 0.25) is 5.91 Å². The van der Waals surface area contributed by atoms with Gasteiger partial charge < -0.3 is 15.2 Å². The first-order valence-corrected chi connectivity index (χ1v) is 6.89. The van der Waals surface area contributed by atoms with Crippen molar-refractivity contribution >= 4 is 11.9 Å². The fourth-order valence-corrected chi connectivity index (χ4v) is 2.27. The van der Waals surface area contributed by atoms with Crippen LogP contribution in [0.1, 0.15) is 53.4 Å². The highest BCUT2D eigenvalue weighted by Crippen LogP contribution is 2.27. The van der Waals surface area contributed by atoms with E-state index in [0.717, 1.165) is 0 Å². The summed E-state index contributed by atoms with van der Waals surface area (Å²) >= 11 is 0. The zero-order valence-electron chi connectivity index (χ0n) is 12.2. The number of hydrogen-bond acceptors (Lipinski definition) is 3. The van der Waals surface area contributed by atoms with Gasteiger partial charge in [-0.2, -0.15) is 0 Å². The smallest absolute Gasteiger partial charge is 0.306 e. The molecule has 0 radical (unpaired) electrons. The van der Waals surface area contributed by atoms with Gasteiger partial charge in [0.25, 0.3) is 0 Å². The molecule has 0 aliphatic heterocycles. The summed E-state index contributed by atoms with van der Waals surface area (Å²) < 4.78 is 5.72. The van der Waals surface area contributed by atoms with E-state index in [4.69, 9.17) is 9.84 Å². The topological polar surface area (TPSA) is 75.6 Å². The quantitative estimate of drug-likeness (QED) is 0.819. The minimum absolute atomic E-state index is 0.00341. The van der Waals surface area contributed by atoms with E-state index >= 15 is 0 Å². The molecular formula is C14H25NO4. The van der Waals surface area contributed by atoms with Gasteiger partial charge in [-0.3, -0.25) is 9.59 Å². The van der Waals surface area contributed by atoms with Crippen LogP contribution in [0.5, 0.6) is 0 Å². The number of carbonyl (C=O) groups excluding carboxylic acids is 1. The van der Waals surface area contributed by atoms with E-state index in [1.807, 2.05) is 20.8 Å². The Morgan fingerprint density at radius 2 is 1.74 bits per heavy atom. The average Bonchev–Trinajstić information content (AvgIpc) is 2.27. The maximum absolute atomic E-state index is 11.9. The van der Waals surface area contributed by atoms with E-state index in [9.17, 15) is 9.59 Å². The summed E-state index contributed by atoms with van der Waals surface area (Å²) in [6.07, 6.45) is 2.19. The summed E-state index contributed by atoms with van der Waals surface area (Å²) in [6.45, 7) is 7.52. The third-order valence-corrected chi connectivity index (χ3v) is 3.29. The molecule has 2 N–H and O–H groups in total. The van der Waals surface area contributed by atoms with E-state index in [-0.39, 0.29) is 23.5 Å². The molecule has 5 nitrogen and oxygen atoms in total. The Hall–Kier alpha value is -1.10. The van der Waals surface area contributed by atoms with Crippen molar-refractivity contribution in [2.75, 3.05) is 0 Å². The summed E-state index contributed by atoms with van der Waals surface area (Å²) in [6, 6.07) is 0. The van der Waals surface area contributed by atoms with E-state index < -0.39 is 12.1 Å². The van der Waals surface area contributed by atoms with E-state index in [2.05, 4.69) is 5.32 Å². The lowest BCUT2D eigenvalue weighted by Gasteiger charge is -2.29. The fourth-order valence-electron chi connectivity index (χ4n) is 2.27. The largest absolute Gasteiger partial charge is 0.481 e. The highest BCUT2D eigenvalue weighted by Gasteiger charge is 2.29. The molecule has 1 fully saturated rings. The lowest BCUT2D eigenvalue weighted by atomic mass is 9.87. The number of ether oxygens (including phenoxy) is 1. The molecular weight excluding hydrogens is 246 g/mol. The Labute approximate surface area is 114 Å². The normalized spacial score (nSPS) is 25.7. The Kier molecular flexibility index (Phi) is 5.35.